The summed E-state index contributed by atoms with van der Waals surface area (Å²) in [4.78, 5) is 22.5. The molecule has 9 heteroatoms. The molecule has 30 heavy (non-hydrogen) atoms. The molecule has 160 valence electrons. The zero-order valence-corrected chi connectivity index (χ0v) is 18.0. The molecule has 5 rings (SSSR count). The third kappa shape index (κ3) is 3.25. The quantitative estimate of drug-likeness (QED) is 0.689. The summed E-state index contributed by atoms with van der Waals surface area (Å²) in [6, 6.07) is 5.04. The van der Waals surface area contributed by atoms with Crippen molar-refractivity contribution in [3.63, 3.8) is 0 Å². The van der Waals surface area contributed by atoms with E-state index in [1.54, 1.807) is 24.4 Å². The van der Waals surface area contributed by atoms with Gasteiger partial charge in [-0.2, -0.15) is 4.31 Å². The first-order chi connectivity index (χ1) is 14.4. The monoisotopic (exact) mass is 429 g/mol. The van der Waals surface area contributed by atoms with Crippen LogP contribution in [0.5, 0.6) is 0 Å². The molecule has 1 N–H and O–H groups in total. The van der Waals surface area contributed by atoms with Gasteiger partial charge < -0.3 is 9.88 Å². The highest BCUT2D eigenvalue weighted by Crippen LogP contribution is 2.33. The van der Waals surface area contributed by atoms with Crippen LogP contribution in [0.3, 0.4) is 0 Å². The van der Waals surface area contributed by atoms with Crippen LogP contribution < -0.4 is 5.56 Å². The second-order valence-electron chi connectivity index (χ2n) is 8.51. The van der Waals surface area contributed by atoms with Gasteiger partial charge in [0.15, 0.2) is 0 Å². The molecule has 1 aliphatic carbocycles. The van der Waals surface area contributed by atoms with Crippen LogP contribution in [0, 0.1) is 0 Å². The number of nitrogens with one attached hydrogen (secondary N) is 1. The molecule has 0 amide bonds. The summed E-state index contributed by atoms with van der Waals surface area (Å²) in [6.45, 7) is 2.37. The Morgan fingerprint density at radius 3 is 2.50 bits per heavy atom. The van der Waals surface area contributed by atoms with Gasteiger partial charge in [0.1, 0.15) is 11.3 Å². The molecule has 0 spiro atoms. The Labute approximate surface area is 175 Å². The fraction of sp³-hybridized carbons (Fsp3) is 0.524. The highest BCUT2D eigenvalue weighted by Gasteiger charge is 2.28. The van der Waals surface area contributed by atoms with Crippen molar-refractivity contribution in [2.45, 2.75) is 42.9 Å². The van der Waals surface area contributed by atoms with Gasteiger partial charge in [0.2, 0.25) is 10.0 Å². The van der Waals surface area contributed by atoms with Crippen molar-refractivity contribution in [1.29, 1.82) is 0 Å². The van der Waals surface area contributed by atoms with E-state index in [0.29, 0.717) is 43.1 Å². The minimum absolute atomic E-state index is 0.217. The lowest BCUT2D eigenvalue weighted by Crippen LogP contribution is -2.47. The van der Waals surface area contributed by atoms with Crippen LogP contribution in [-0.2, 0) is 10.0 Å². The maximum absolute atomic E-state index is 13.1. The molecule has 3 heterocycles. The van der Waals surface area contributed by atoms with E-state index in [2.05, 4.69) is 14.9 Å². The summed E-state index contributed by atoms with van der Waals surface area (Å²) in [5.74, 6) is 1.25. The third-order valence-electron chi connectivity index (χ3n) is 6.55. The molecule has 1 aromatic carbocycles. The Bertz CT molecular complexity index is 1250. The number of rotatable bonds is 3. The van der Waals surface area contributed by atoms with E-state index in [0.717, 1.165) is 24.2 Å². The number of fused-ring (bicyclic) bond motifs is 3. The second kappa shape index (κ2) is 7.47. The van der Waals surface area contributed by atoms with E-state index in [-0.39, 0.29) is 10.5 Å². The number of imidazole rings is 1. The lowest BCUT2D eigenvalue weighted by molar-refractivity contribution is 0.222. The average Bonchev–Trinajstić information content (AvgIpc) is 3.20. The van der Waals surface area contributed by atoms with Crippen LogP contribution in [0.25, 0.3) is 16.6 Å². The van der Waals surface area contributed by atoms with E-state index < -0.39 is 10.0 Å². The number of aromatic nitrogens is 3. The fourth-order valence-electron chi connectivity index (χ4n) is 4.76. The predicted molar refractivity (Wildman–Crippen MR) is 115 cm³/mol. The molecule has 0 unspecified atom stereocenters. The number of sulfonamides is 1. The van der Waals surface area contributed by atoms with Crippen molar-refractivity contribution in [3.05, 3.63) is 40.6 Å². The Morgan fingerprint density at radius 1 is 1.03 bits per heavy atom. The van der Waals surface area contributed by atoms with E-state index in [9.17, 15) is 13.2 Å². The molecule has 3 aromatic rings. The summed E-state index contributed by atoms with van der Waals surface area (Å²) in [7, 11) is -1.61. The first-order valence-electron chi connectivity index (χ1n) is 10.7. The molecule has 1 aliphatic heterocycles. The van der Waals surface area contributed by atoms with Crippen LogP contribution in [-0.4, -0.2) is 65.2 Å². The molecule has 2 aliphatic rings. The lowest BCUT2D eigenvalue weighted by atomic mass is 9.89. The maximum Gasteiger partial charge on any atom is 0.274 e. The summed E-state index contributed by atoms with van der Waals surface area (Å²) in [5.41, 5.74) is 1.58. The minimum atomic E-state index is -3.60. The SMILES string of the molecule is CN1CCN(S(=O)(=O)c2ccc3c(c2)[nH]c(=O)c2cnc(C4CCCCC4)n23)CC1. The van der Waals surface area contributed by atoms with Crippen LogP contribution >= 0.6 is 0 Å². The number of likely N-dealkylation sites (N-methyl/N-ethyl adjacent to an activating group) is 1. The Kier molecular flexibility index (Phi) is 4.91. The van der Waals surface area contributed by atoms with Gasteiger partial charge in [-0.25, -0.2) is 13.4 Å². The molecule has 2 fully saturated rings. The highest BCUT2D eigenvalue weighted by molar-refractivity contribution is 7.89. The number of benzene rings is 1. The van der Waals surface area contributed by atoms with E-state index >= 15 is 0 Å². The van der Waals surface area contributed by atoms with Crippen LogP contribution in [0.2, 0.25) is 0 Å². The van der Waals surface area contributed by atoms with Gasteiger partial charge in [0.05, 0.1) is 22.1 Å². The zero-order chi connectivity index (χ0) is 20.9. The Hall–Kier alpha value is -2.23. The van der Waals surface area contributed by atoms with Gasteiger partial charge in [0.25, 0.3) is 5.56 Å². The Balaban J connectivity index is 1.61. The van der Waals surface area contributed by atoms with E-state index in [1.807, 2.05) is 11.4 Å². The van der Waals surface area contributed by atoms with Crippen LogP contribution in [0.1, 0.15) is 43.8 Å². The average molecular weight is 430 g/mol. The molecule has 1 saturated carbocycles. The summed E-state index contributed by atoms with van der Waals surface area (Å²) >= 11 is 0. The second-order valence-corrected chi connectivity index (χ2v) is 10.5. The van der Waals surface area contributed by atoms with Crippen molar-refractivity contribution in [2.75, 3.05) is 33.2 Å². The van der Waals surface area contributed by atoms with Crippen molar-refractivity contribution in [1.82, 2.24) is 23.6 Å². The third-order valence-corrected chi connectivity index (χ3v) is 8.44. The normalized spacial score (nSPS) is 20.3. The van der Waals surface area contributed by atoms with Gasteiger partial charge in [-0.15, -0.1) is 0 Å². The first kappa shape index (κ1) is 19.7. The highest BCUT2D eigenvalue weighted by atomic mass is 32.2. The van der Waals surface area contributed by atoms with Crippen LogP contribution in [0.4, 0.5) is 0 Å². The number of H-pyrrole nitrogens is 1. The number of hydrogen-bond acceptors (Lipinski definition) is 5. The molecule has 0 bridgehead atoms. The molecule has 8 nitrogen and oxygen atoms in total. The molecule has 1 saturated heterocycles. The maximum atomic E-state index is 13.1. The van der Waals surface area contributed by atoms with Gasteiger partial charge in [-0.3, -0.25) is 9.20 Å². The standard InChI is InChI=1S/C21H27N5O3S/c1-24-9-11-25(12-10-24)30(28,29)16-7-8-18-17(13-16)23-21(27)19-14-22-20(26(18)19)15-5-3-2-4-6-15/h7-8,13-15H,2-6,9-12H2,1H3,(H,23,27). The predicted octanol–water partition coefficient (Wildman–Crippen LogP) is 2.16. The minimum Gasteiger partial charge on any atom is -0.319 e. The molecule has 2 aromatic heterocycles. The molecular weight excluding hydrogens is 402 g/mol. The molecule has 0 radical (unpaired) electrons. The summed E-state index contributed by atoms with van der Waals surface area (Å²) < 4.78 is 29.7. The van der Waals surface area contributed by atoms with E-state index in [1.165, 1.54) is 23.6 Å². The van der Waals surface area contributed by atoms with Crippen molar-refractivity contribution < 1.29 is 8.42 Å². The van der Waals surface area contributed by atoms with Gasteiger partial charge in [-0.1, -0.05) is 19.3 Å². The van der Waals surface area contributed by atoms with Crippen molar-refractivity contribution in [2.24, 2.45) is 0 Å². The zero-order valence-electron chi connectivity index (χ0n) is 17.2. The van der Waals surface area contributed by atoms with Crippen molar-refractivity contribution >= 4 is 26.6 Å². The molecular formula is C21H27N5O3S. The summed E-state index contributed by atoms with van der Waals surface area (Å²) in [5, 5.41) is 0. The van der Waals surface area contributed by atoms with Gasteiger partial charge in [0, 0.05) is 32.1 Å². The first-order valence-corrected chi connectivity index (χ1v) is 12.1. The Morgan fingerprint density at radius 2 is 1.77 bits per heavy atom. The number of nitrogens with zero attached hydrogens (tertiary/aromatic N) is 4. The van der Waals surface area contributed by atoms with Crippen LogP contribution in [0.15, 0.2) is 34.1 Å². The number of hydrogen-bond donors (Lipinski definition) is 1. The summed E-state index contributed by atoms with van der Waals surface area (Å²) in [6.07, 6.45) is 7.38. The van der Waals surface area contributed by atoms with E-state index in [4.69, 9.17) is 0 Å². The van der Waals surface area contributed by atoms with Gasteiger partial charge in [-0.05, 0) is 38.1 Å². The number of aromatic amines is 1. The van der Waals surface area contributed by atoms with Gasteiger partial charge >= 0.3 is 0 Å². The topological polar surface area (TPSA) is 90.8 Å². The van der Waals surface area contributed by atoms with Crippen molar-refractivity contribution in [3.8, 4) is 0 Å². The smallest absolute Gasteiger partial charge is 0.274 e. The lowest BCUT2D eigenvalue weighted by Gasteiger charge is -2.31. The molecule has 0 atom stereocenters. The fourth-order valence-corrected chi connectivity index (χ4v) is 6.21. The largest absolute Gasteiger partial charge is 0.319 e. The number of piperazine rings is 1.